The fraction of sp³-hybridized carbons (Fsp3) is 0.156. The number of alkyl halides is 3. The van der Waals surface area contributed by atoms with E-state index in [2.05, 4.69) is 10.3 Å². The summed E-state index contributed by atoms with van der Waals surface area (Å²) in [5.41, 5.74) is 4.36. The van der Waals surface area contributed by atoms with Gasteiger partial charge < -0.3 is 14.8 Å². The molecule has 5 aromatic rings. The number of hydrogen-bond donors (Lipinski definition) is 1. The molecule has 0 spiro atoms. The van der Waals surface area contributed by atoms with Crippen LogP contribution in [-0.4, -0.2) is 19.2 Å². The molecule has 0 atom stereocenters. The Kier molecular flexibility index (Phi) is 7.41. The summed E-state index contributed by atoms with van der Waals surface area (Å²) in [6, 6.07) is 27.3. The Balaban J connectivity index is 1.58. The van der Waals surface area contributed by atoms with Crippen LogP contribution in [0.15, 0.2) is 97.2 Å². The minimum Gasteiger partial charge on any atom is -0.497 e. The molecule has 0 bridgehead atoms. The molecule has 0 radical (unpaired) electrons. The van der Waals surface area contributed by atoms with Gasteiger partial charge in [-0.2, -0.15) is 13.2 Å². The third kappa shape index (κ3) is 5.67. The number of ether oxygens (including phenoxy) is 2. The molecular weight excluding hydrogens is 501 g/mol. The van der Waals surface area contributed by atoms with Crippen LogP contribution in [0.1, 0.15) is 22.3 Å². The number of benzene rings is 4. The Labute approximate surface area is 225 Å². The van der Waals surface area contributed by atoms with Gasteiger partial charge in [-0.1, -0.05) is 54.6 Å². The van der Waals surface area contributed by atoms with Gasteiger partial charge in [-0.25, -0.2) is 0 Å². The van der Waals surface area contributed by atoms with E-state index < -0.39 is 11.7 Å². The molecule has 0 saturated heterocycles. The maximum Gasteiger partial charge on any atom is 0.418 e. The number of hydrogen-bond acceptors (Lipinski definition) is 4. The first-order valence-electron chi connectivity index (χ1n) is 12.4. The van der Waals surface area contributed by atoms with Crippen molar-refractivity contribution in [3.8, 4) is 22.6 Å². The molecule has 1 aromatic heterocycles. The van der Waals surface area contributed by atoms with E-state index in [4.69, 9.17) is 9.47 Å². The Morgan fingerprint density at radius 3 is 2.33 bits per heavy atom. The second kappa shape index (κ2) is 11.1. The van der Waals surface area contributed by atoms with Crippen LogP contribution in [0.5, 0.6) is 11.5 Å². The lowest BCUT2D eigenvalue weighted by Gasteiger charge is -2.17. The largest absolute Gasteiger partial charge is 0.497 e. The molecule has 39 heavy (non-hydrogen) atoms. The van der Waals surface area contributed by atoms with Crippen LogP contribution in [-0.2, 0) is 19.1 Å². The highest BCUT2D eigenvalue weighted by Crippen LogP contribution is 2.39. The summed E-state index contributed by atoms with van der Waals surface area (Å²) in [5.74, 6) is 1.44. The van der Waals surface area contributed by atoms with Crippen LogP contribution in [0.3, 0.4) is 0 Å². The van der Waals surface area contributed by atoms with E-state index in [9.17, 15) is 13.2 Å². The standard InChI is InChI=1S/C32H27F3N2O2/c1-38-26-14-15-29(39-2)23(18-26)19-36-25-11-6-10-22(17-25)30-24(16-21-8-4-3-5-9-21)20-37-31-27(30)12-7-13-28(31)32(33,34)35/h3-15,17-18,20,36H,16,19H2,1-2H3. The van der Waals surface area contributed by atoms with Crippen molar-refractivity contribution in [2.45, 2.75) is 19.1 Å². The molecule has 4 nitrogen and oxygen atoms in total. The van der Waals surface area contributed by atoms with Gasteiger partial charge in [0.15, 0.2) is 0 Å². The minimum atomic E-state index is -4.51. The molecule has 0 unspecified atom stereocenters. The highest BCUT2D eigenvalue weighted by Gasteiger charge is 2.33. The first-order chi connectivity index (χ1) is 18.9. The number of rotatable bonds is 8. The van der Waals surface area contributed by atoms with Crippen molar-refractivity contribution >= 4 is 16.6 Å². The monoisotopic (exact) mass is 528 g/mol. The third-order valence-corrected chi connectivity index (χ3v) is 6.64. The molecule has 0 amide bonds. The van der Waals surface area contributed by atoms with Crippen molar-refractivity contribution < 1.29 is 22.6 Å². The van der Waals surface area contributed by atoms with Crippen LogP contribution in [0, 0.1) is 0 Å². The third-order valence-electron chi connectivity index (χ3n) is 6.64. The minimum absolute atomic E-state index is 0.0590. The summed E-state index contributed by atoms with van der Waals surface area (Å²) >= 11 is 0. The first kappa shape index (κ1) is 26.1. The SMILES string of the molecule is COc1ccc(OC)c(CNc2cccc(-c3c(Cc4ccccc4)cnc4c(C(F)(F)F)cccc34)c2)c1. The van der Waals surface area contributed by atoms with E-state index in [0.29, 0.717) is 18.4 Å². The maximum absolute atomic E-state index is 13.9. The molecule has 7 heteroatoms. The summed E-state index contributed by atoms with van der Waals surface area (Å²) < 4.78 is 52.5. The van der Waals surface area contributed by atoms with Crippen molar-refractivity contribution in [2.24, 2.45) is 0 Å². The van der Waals surface area contributed by atoms with Gasteiger partial charge in [0.25, 0.3) is 0 Å². The number of nitrogens with one attached hydrogen (secondary N) is 1. The van der Waals surface area contributed by atoms with E-state index in [1.165, 1.54) is 6.07 Å². The Morgan fingerprint density at radius 2 is 1.59 bits per heavy atom. The number of pyridine rings is 1. The fourth-order valence-electron chi connectivity index (χ4n) is 4.79. The van der Waals surface area contributed by atoms with Gasteiger partial charge in [0.05, 0.1) is 25.3 Å². The molecule has 5 rings (SSSR count). The van der Waals surface area contributed by atoms with E-state index in [-0.39, 0.29) is 5.52 Å². The summed E-state index contributed by atoms with van der Waals surface area (Å²) in [5, 5.41) is 3.88. The Bertz CT molecular complexity index is 1600. The molecule has 0 aliphatic carbocycles. The zero-order valence-electron chi connectivity index (χ0n) is 21.5. The molecule has 1 heterocycles. The molecule has 0 aliphatic rings. The topological polar surface area (TPSA) is 43.4 Å². The number of para-hydroxylation sites is 1. The smallest absolute Gasteiger partial charge is 0.418 e. The Morgan fingerprint density at radius 1 is 0.795 bits per heavy atom. The fourth-order valence-corrected chi connectivity index (χ4v) is 4.79. The number of halogens is 3. The molecule has 0 saturated carbocycles. The molecule has 4 aromatic carbocycles. The zero-order chi connectivity index (χ0) is 27.4. The average Bonchev–Trinajstić information content (AvgIpc) is 2.95. The lowest BCUT2D eigenvalue weighted by molar-refractivity contribution is -0.136. The van der Waals surface area contributed by atoms with Crippen molar-refractivity contribution in [1.29, 1.82) is 0 Å². The van der Waals surface area contributed by atoms with Gasteiger partial charge in [-0.15, -0.1) is 0 Å². The number of fused-ring (bicyclic) bond motifs is 1. The average molecular weight is 529 g/mol. The highest BCUT2D eigenvalue weighted by atomic mass is 19.4. The van der Waals surface area contributed by atoms with Gasteiger partial charge in [0, 0.05) is 29.4 Å². The normalized spacial score (nSPS) is 11.4. The van der Waals surface area contributed by atoms with E-state index in [1.54, 1.807) is 26.5 Å². The van der Waals surface area contributed by atoms with Gasteiger partial charge >= 0.3 is 6.18 Å². The second-order valence-electron chi connectivity index (χ2n) is 9.13. The zero-order valence-corrected chi connectivity index (χ0v) is 21.5. The number of methoxy groups -OCH3 is 2. The number of anilines is 1. The van der Waals surface area contributed by atoms with Gasteiger partial charge in [0.1, 0.15) is 11.5 Å². The molecule has 0 fully saturated rings. The molecule has 1 N–H and O–H groups in total. The van der Waals surface area contributed by atoms with Gasteiger partial charge in [-0.3, -0.25) is 4.98 Å². The summed E-state index contributed by atoms with van der Waals surface area (Å²) in [6.07, 6.45) is -2.40. The van der Waals surface area contributed by atoms with Crippen molar-refractivity contribution in [2.75, 3.05) is 19.5 Å². The van der Waals surface area contributed by atoms with E-state index in [1.807, 2.05) is 72.8 Å². The number of aromatic nitrogens is 1. The highest BCUT2D eigenvalue weighted by molar-refractivity contribution is 5.98. The van der Waals surface area contributed by atoms with Crippen LogP contribution in [0.2, 0.25) is 0 Å². The van der Waals surface area contributed by atoms with Crippen LogP contribution in [0.4, 0.5) is 18.9 Å². The lowest BCUT2D eigenvalue weighted by atomic mass is 9.91. The van der Waals surface area contributed by atoms with Crippen molar-refractivity contribution in [1.82, 2.24) is 4.98 Å². The van der Waals surface area contributed by atoms with Crippen LogP contribution in [0.25, 0.3) is 22.0 Å². The van der Waals surface area contributed by atoms with Gasteiger partial charge in [0.2, 0.25) is 0 Å². The van der Waals surface area contributed by atoms with Crippen molar-refractivity contribution in [3.05, 3.63) is 119 Å². The van der Waals surface area contributed by atoms with E-state index in [0.717, 1.165) is 51.1 Å². The molecule has 198 valence electrons. The Hall–Kier alpha value is -4.52. The van der Waals surface area contributed by atoms with Crippen molar-refractivity contribution in [3.63, 3.8) is 0 Å². The molecular formula is C32H27F3N2O2. The van der Waals surface area contributed by atoms with Crippen LogP contribution >= 0.6 is 0 Å². The van der Waals surface area contributed by atoms with Crippen LogP contribution < -0.4 is 14.8 Å². The van der Waals surface area contributed by atoms with E-state index >= 15 is 0 Å². The quantitative estimate of drug-likeness (QED) is 0.221. The predicted molar refractivity (Wildman–Crippen MR) is 148 cm³/mol. The van der Waals surface area contributed by atoms with Gasteiger partial charge in [-0.05, 0) is 65.1 Å². The number of nitrogens with zero attached hydrogens (tertiary/aromatic N) is 1. The second-order valence-corrected chi connectivity index (χ2v) is 9.13. The summed E-state index contributed by atoms with van der Waals surface area (Å²) in [4.78, 5) is 4.30. The lowest BCUT2D eigenvalue weighted by Crippen LogP contribution is -2.07. The maximum atomic E-state index is 13.9. The predicted octanol–water partition coefficient (Wildman–Crippen LogP) is 8.14. The summed E-state index contributed by atoms with van der Waals surface area (Å²) in [7, 11) is 3.22. The first-order valence-corrected chi connectivity index (χ1v) is 12.4. The summed E-state index contributed by atoms with van der Waals surface area (Å²) in [6.45, 7) is 0.468. The molecule has 0 aliphatic heterocycles.